The summed E-state index contributed by atoms with van der Waals surface area (Å²) in [6.07, 6.45) is -3.53. The lowest BCUT2D eigenvalue weighted by molar-refractivity contribution is -0.151. The first-order valence-electron chi connectivity index (χ1n) is 16.9. The van der Waals surface area contributed by atoms with Crippen molar-refractivity contribution in [3.8, 4) is 0 Å². The summed E-state index contributed by atoms with van der Waals surface area (Å²) in [5, 5.41) is 6.07. The number of carbonyl (C=O) groups excluding carboxylic acids is 2. The molecule has 7 nitrogen and oxygen atoms in total. The summed E-state index contributed by atoms with van der Waals surface area (Å²) in [4.78, 5) is 28.8. The zero-order valence-electron chi connectivity index (χ0n) is 29.0. The molecule has 1 amide bonds. The van der Waals surface area contributed by atoms with Crippen LogP contribution in [-0.4, -0.2) is 48.0 Å². The highest BCUT2D eigenvalue weighted by atomic mass is 32.1. The Bertz CT molecular complexity index is 1550. The molecule has 1 fully saturated rings. The van der Waals surface area contributed by atoms with Crippen LogP contribution in [0.4, 0.5) is 22.0 Å². The maximum Gasteiger partial charge on any atom is 0.433 e. The number of amides is 1. The van der Waals surface area contributed by atoms with Gasteiger partial charge in [-0.3, -0.25) is 14.3 Å². The molecule has 0 saturated heterocycles. The van der Waals surface area contributed by atoms with Crippen LogP contribution in [0.15, 0.2) is 29.8 Å². The second-order valence-corrected chi connectivity index (χ2v) is 18.6. The molecule has 1 aliphatic rings. The van der Waals surface area contributed by atoms with Crippen LogP contribution in [0.2, 0.25) is 18.1 Å². The number of hydrogen-bond donors (Lipinski definition) is 0. The van der Waals surface area contributed by atoms with E-state index in [4.69, 9.17) is 9.16 Å². The highest BCUT2D eigenvalue weighted by Crippen LogP contribution is 2.41. The molecule has 2 heterocycles. The van der Waals surface area contributed by atoms with Gasteiger partial charge < -0.3 is 14.1 Å². The van der Waals surface area contributed by atoms with E-state index in [0.29, 0.717) is 18.9 Å². The van der Waals surface area contributed by atoms with Crippen molar-refractivity contribution in [2.45, 2.75) is 110 Å². The number of benzene rings is 1. The van der Waals surface area contributed by atoms with E-state index in [9.17, 15) is 31.5 Å². The zero-order valence-corrected chi connectivity index (χ0v) is 30.8. The molecule has 1 atom stereocenters. The maximum absolute atomic E-state index is 14.9. The fraction of sp³-hybridized carbons (Fsp3) is 0.571. The van der Waals surface area contributed by atoms with Crippen molar-refractivity contribution in [2.75, 3.05) is 13.2 Å². The van der Waals surface area contributed by atoms with Gasteiger partial charge in [-0.25, -0.2) is 8.78 Å². The Hall–Kier alpha value is -3.10. The van der Waals surface area contributed by atoms with E-state index in [2.05, 4.69) is 25.9 Å². The molecule has 0 bridgehead atoms. The van der Waals surface area contributed by atoms with Gasteiger partial charge in [-0.2, -0.15) is 18.3 Å². The van der Waals surface area contributed by atoms with Gasteiger partial charge in [-0.15, -0.1) is 11.3 Å². The molecule has 2 aromatic heterocycles. The molecule has 1 saturated carbocycles. The van der Waals surface area contributed by atoms with Crippen LogP contribution in [0.3, 0.4) is 0 Å². The number of alkyl halides is 3. The van der Waals surface area contributed by atoms with Crippen LogP contribution in [0.1, 0.15) is 103 Å². The van der Waals surface area contributed by atoms with Gasteiger partial charge in [-0.05, 0) is 98.8 Å². The quantitative estimate of drug-likeness (QED) is 0.0940. The van der Waals surface area contributed by atoms with Crippen molar-refractivity contribution >= 4 is 31.5 Å². The smallest absolute Gasteiger partial charge is 0.433 e. The number of aromatic nitrogens is 2. The van der Waals surface area contributed by atoms with E-state index in [1.54, 1.807) is 6.92 Å². The van der Waals surface area contributed by atoms with Crippen LogP contribution >= 0.6 is 11.3 Å². The molecule has 3 aromatic rings. The predicted molar refractivity (Wildman–Crippen MR) is 181 cm³/mol. The third-order valence-corrected chi connectivity index (χ3v) is 15.5. The monoisotopic (exact) mass is 727 g/mol. The molecule has 0 aliphatic heterocycles. The van der Waals surface area contributed by atoms with Gasteiger partial charge in [0.25, 0.3) is 5.91 Å². The summed E-state index contributed by atoms with van der Waals surface area (Å²) < 4.78 is 86.3. The van der Waals surface area contributed by atoms with E-state index < -0.39 is 61.4 Å². The third kappa shape index (κ3) is 8.98. The molecule has 1 aliphatic carbocycles. The Labute approximate surface area is 289 Å². The van der Waals surface area contributed by atoms with Crippen molar-refractivity contribution in [2.24, 2.45) is 5.92 Å². The van der Waals surface area contributed by atoms with Crippen LogP contribution in [-0.2, 0) is 26.7 Å². The van der Waals surface area contributed by atoms with Gasteiger partial charge in [0.2, 0.25) is 0 Å². The summed E-state index contributed by atoms with van der Waals surface area (Å²) in [7, 11) is -2.33. The fourth-order valence-corrected chi connectivity index (χ4v) is 10.7. The largest absolute Gasteiger partial charge is 0.466 e. The lowest BCUT2D eigenvalue weighted by Crippen LogP contribution is -2.42. The average Bonchev–Trinajstić information content (AvgIpc) is 3.65. The molecule has 0 N–H and O–H groups in total. The number of carbonyl (C=O) groups is 2. The Morgan fingerprint density at radius 1 is 1.02 bits per heavy atom. The highest BCUT2D eigenvalue weighted by Gasteiger charge is 2.44. The summed E-state index contributed by atoms with van der Waals surface area (Å²) in [6.45, 7) is 11.5. The van der Waals surface area contributed by atoms with E-state index in [0.717, 1.165) is 57.1 Å². The number of ether oxygens (including phenoxy) is 1. The van der Waals surface area contributed by atoms with Crippen LogP contribution in [0.25, 0.3) is 0 Å². The zero-order chi connectivity index (χ0) is 36.1. The van der Waals surface area contributed by atoms with Crippen molar-refractivity contribution in [1.82, 2.24) is 14.7 Å². The number of nitrogens with zero attached hydrogens (tertiary/aromatic N) is 3. The molecule has 0 radical (unpaired) electrons. The van der Waals surface area contributed by atoms with Gasteiger partial charge in [0, 0.05) is 17.5 Å². The Morgan fingerprint density at radius 3 is 2.14 bits per heavy atom. The topological polar surface area (TPSA) is 73.7 Å². The number of aryl methyl sites for hydroxylation is 2. The van der Waals surface area contributed by atoms with Crippen molar-refractivity contribution < 1.29 is 40.7 Å². The van der Waals surface area contributed by atoms with E-state index >= 15 is 0 Å². The number of thiophene rings is 1. The minimum Gasteiger partial charge on any atom is -0.466 e. The number of halogens is 5. The second-order valence-electron chi connectivity index (χ2n) is 12.8. The normalized spacial score (nSPS) is 17.6. The molecule has 270 valence electrons. The molecule has 1 unspecified atom stereocenters. The standard InChI is InChI=1S/C35H46F5N3O4SSi/c1-7-46-34(45)25-11-13-28(14-12-25)43-32(35(38,39)40)29(18-41-43)33(44)42(19-24-15-26(36)17-27(37)16-24)20-30(31-22(5)21-48-23(31)6)47-49(8-2,9-3)10-4/h15-18,21,25,28,30H,7-14,19-20H2,1-6H3/t25-,28-,30?. The van der Waals surface area contributed by atoms with Crippen molar-refractivity contribution in [1.29, 1.82) is 0 Å². The summed E-state index contributed by atoms with van der Waals surface area (Å²) in [6, 6.07) is 4.54. The minimum absolute atomic E-state index is 0.0894. The van der Waals surface area contributed by atoms with Gasteiger partial charge in [0.15, 0.2) is 14.0 Å². The van der Waals surface area contributed by atoms with Gasteiger partial charge in [-0.1, -0.05) is 20.8 Å². The SMILES string of the molecule is CCOC(=O)[C@H]1CC[C@H](n2ncc(C(=O)N(Cc3cc(F)cc(F)c3)CC(O[Si](CC)(CC)CC)c3c(C)csc3C)c2C(F)(F)F)CC1. The summed E-state index contributed by atoms with van der Waals surface area (Å²) in [5.41, 5.74) is 0.0499. The second kappa shape index (κ2) is 16.3. The first-order chi connectivity index (χ1) is 23.2. The lowest BCUT2D eigenvalue weighted by atomic mass is 9.86. The van der Waals surface area contributed by atoms with Crippen LogP contribution in [0, 0.1) is 31.4 Å². The van der Waals surface area contributed by atoms with E-state index in [1.165, 1.54) is 16.2 Å². The molecule has 4 rings (SSSR count). The maximum atomic E-state index is 14.9. The van der Waals surface area contributed by atoms with E-state index in [-0.39, 0.29) is 44.1 Å². The van der Waals surface area contributed by atoms with Crippen LogP contribution < -0.4 is 0 Å². The fourth-order valence-electron chi connectivity index (χ4n) is 6.96. The van der Waals surface area contributed by atoms with Gasteiger partial charge in [0.05, 0.1) is 43.0 Å². The molecule has 1 aromatic carbocycles. The first kappa shape index (κ1) is 38.7. The minimum atomic E-state index is -4.94. The van der Waals surface area contributed by atoms with Gasteiger partial charge in [0.1, 0.15) is 11.6 Å². The van der Waals surface area contributed by atoms with Crippen LogP contribution in [0.5, 0.6) is 0 Å². The first-order valence-corrected chi connectivity index (χ1v) is 20.4. The average molecular weight is 728 g/mol. The van der Waals surface area contributed by atoms with Gasteiger partial charge >= 0.3 is 12.1 Å². The summed E-state index contributed by atoms with van der Waals surface area (Å²) >= 11 is 1.52. The lowest BCUT2D eigenvalue weighted by Gasteiger charge is -2.36. The third-order valence-electron chi connectivity index (χ3n) is 9.79. The number of esters is 1. The number of hydrogen-bond acceptors (Lipinski definition) is 6. The number of rotatable bonds is 14. The van der Waals surface area contributed by atoms with Crippen molar-refractivity contribution in [3.05, 3.63) is 74.2 Å². The molecule has 49 heavy (non-hydrogen) atoms. The summed E-state index contributed by atoms with van der Waals surface area (Å²) in [5.74, 6) is -3.48. The molecular weight excluding hydrogens is 682 g/mol. The van der Waals surface area contributed by atoms with Crippen molar-refractivity contribution in [3.63, 3.8) is 0 Å². The highest BCUT2D eigenvalue weighted by molar-refractivity contribution is 7.10. The Kier molecular flexibility index (Phi) is 12.9. The molecule has 0 spiro atoms. The van der Waals surface area contributed by atoms with E-state index in [1.807, 2.05) is 19.2 Å². The Morgan fingerprint density at radius 2 is 1.63 bits per heavy atom. The Balaban J connectivity index is 1.78. The molecule has 14 heteroatoms. The predicted octanol–water partition coefficient (Wildman–Crippen LogP) is 9.56. The molecular formula is C35H46F5N3O4SSi.